The van der Waals surface area contributed by atoms with E-state index in [1.54, 1.807) is 32.1 Å². The van der Waals surface area contributed by atoms with Gasteiger partial charge in [0.25, 0.3) is 0 Å². The van der Waals surface area contributed by atoms with Gasteiger partial charge in [0.2, 0.25) is 0 Å². The molecule has 1 heterocycles. The van der Waals surface area contributed by atoms with Crippen LogP contribution in [0.25, 0.3) is 0 Å². The van der Waals surface area contributed by atoms with Crippen molar-refractivity contribution in [3.63, 3.8) is 0 Å². The summed E-state index contributed by atoms with van der Waals surface area (Å²) in [6.07, 6.45) is 9.23. The van der Waals surface area contributed by atoms with Gasteiger partial charge in [-0.05, 0) is 82.1 Å². The number of nitrogens with zero attached hydrogens (tertiary/aromatic N) is 1. The molecule has 0 aromatic rings. The Morgan fingerprint density at radius 1 is 1.05 bits per heavy atom. The highest BCUT2D eigenvalue weighted by atomic mass is 15.2. The first kappa shape index (κ1) is 12.6. The summed E-state index contributed by atoms with van der Waals surface area (Å²) in [5, 5.41) is 3.53. The SMILES string of the molecule is CNC1(C)CCN(CC2C3CC4CC(C3)CC2C4)C1. The molecule has 5 aliphatic rings. The third-order valence-electron chi connectivity index (χ3n) is 7.05. The van der Waals surface area contributed by atoms with E-state index in [0.717, 1.165) is 29.6 Å². The molecule has 5 fully saturated rings. The lowest BCUT2D eigenvalue weighted by Crippen LogP contribution is -2.49. The van der Waals surface area contributed by atoms with Gasteiger partial charge in [-0.3, -0.25) is 0 Å². The molecule has 2 nitrogen and oxygen atoms in total. The van der Waals surface area contributed by atoms with E-state index in [-0.39, 0.29) is 0 Å². The second kappa shape index (κ2) is 4.46. The van der Waals surface area contributed by atoms with E-state index >= 15 is 0 Å². The van der Waals surface area contributed by atoms with E-state index in [1.165, 1.54) is 26.1 Å². The first-order valence-corrected chi connectivity index (χ1v) is 8.56. The Hall–Kier alpha value is -0.0800. The van der Waals surface area contributed by atoms with E-state index < -0.39 is 0 Å². The first-order valence-electron chi connectivity index (χ1n) is 8.56. The predicted octanol–water partition coefficient (Wildman–Crippen LogP) is 2.74. The van der Waals surface area contributed by atoms with E-state index in [2.05, 4.69) is 24.2 Å². The first-order chi connectivity index (χ1) is 9.15. The van der Waals surface area contributed by atoms with Crippen LogP contribution in [-0.4, -0.2) is 37.1 Å². The summed E-state index contributed by atoms with van der Waals surface area (Å²) in [6.45, 7) is 6.39. The van der Waals surface area contributed by atoms with Crippen LogP contribution in [0.15, 0.2) is 0 Å². The van der Waals surface area contributed by atoms with Crippen LogP contribution < -0.4 is 5.32 Å². The van der Waals surface area contributed by atoms with Gasteiger partial charge in [-0.25, -0.2) is 0 Å². The summed E-state index contributed by atoms with van der Waals surface area (Å²) in [6, 6.07) is 0. The molecule has 0 aromatic heterocycles. The number of likely N-dealkylation sites (N-methyl/N-ethyl adjacent to an activating group) is 1. The summed E-state index contributed by atoms with van der Waals surface area (Å²) in [5.41, 5.74) is 0.381. The van der Waals surface area contributed by atoms with E-state index in [1.807, 2.05) is 0 Å². The Bertz CT molecular complexity index is 325. The van der Waals surface area contributed by atoms with Gasteiger partial charge in [-0.15, -0.1) is 0 Å². The third-order valence-corrected chi connectivity index (χ3v) is 7.05. The van der Waals surface area contributed by atoms with Crippen LogP contribution in [0.1, 0.15) is 45.4 Å². The highest BCUT2D eigenvalue weighted by Gasteiger charge is 2.48. The Kier molecular flexibility index (Phi) is 2.97. The number of hydrogen-bond acceptors (Lipinski definition) is 2. The van der Waals surface area contributed by atoms with Crippen LogP contribution in [0.5, 0.6) is 0 Å². The van der Waals surface area contributed by atoms with Gasteiger partial charge in [0, 0.05) is 25.2 Å². The van der Waals surface area contributed by atoms with Crippen molar-refractivity contribution in [1.29, 1.82) is 0 Å². The summed E-state index contributed by atoms with van der Waals surface area (Å²) in [4.78, 5) is 2.77. The van der Waals surface area contributed by atoms with Crippen LogP contribution in [0.3, 0.4) is 0 Å². The van der Waals surface area contributed by atoms with Crippen LogP contribution >= 0.6 is 0 Å². The Balaban J connectivity index is 1.41. The summed E-state index contributed by atoms with van der Waals surface area (Å²) >= 11 is 0. The van der Waals surface area contributed by atoms with Crippen molar-refractivity contribution < 1.29 is 0 Å². The lowest BCUT2D eigenvalue weighted by molar-refractivity contribution is -0.0473. The topological polar surface area (TPSA) is 15.3 Å². The van der Waals surface area contributed by atoms with Gasteiger partial charge < -0.3 is 10.2 Å². The van der Waals surface area contributed by atoms with Gasteiger partial charge in [-0.1, -0.05) is 0 Å². The average molecular weight is 262 g/mol. The second-order valence-corrected chi connectivity index (χ2v) is 8.39. The minimum Gasteiger partial charge on any atom is -0.313 e. The fourth-order valence-electron chi connectivity index (χ4n) is 6.05. The van der Waals surface area contributed by atoms with Gasteiger partial charge in [0.15, 0.2) is 0 Å². The fourth-order valence-corrected chi connectivity index (χ4v) is 6.05. The Morgan fingerprint density at radius 3 is 2.21 bits per heavy atom. The van der Waals surface area contributed by atoms with Gasteiger partial charge in [0.1, 0.15) is 0 Å². The van der Waals surface area contributed by atoms with Crippen molar-refractivity contribution in [3.05, 3.63) is 0 Å². The molecule has 108 valence electrons. The Morgan fingerprint density at radius 2 is 1.68 bits per heavy atom. The standard InChI is InChI=1S/C17H30N2/c1-17(18-2)3-4-19(11-17)10-16-14-6-12-5-13(8-14)9-15(16)7-12/h12-16,18H,3-11H2,1-2H3. The zero-order chi connectivity index (χ0) is 13.0. The molecule has 1 N–H and O–H groups in total. The number of hydrogen-bond donors (Lipinski definition) is 1. The molecule has 0 radical (unpaired) electrons. The van der Waals surface area contributed by atoms with Crippen molar-refractivity contribution in [3.8, 4) is 0 Å². The van der Waals surface area contributed by atoms with Crippen LogP contribution in [0.4, 0.5) is 0 Å². The van der Waals surface area contributed by atoms with Crippen molar-refractivity contribution in [2.75, 3.05) is 26.7 Å². The minimum absolute atomic E-state index is 0.381. The molecule has 4 bridgehead atoms. The van der Waals surface area contributed by atoms with Gasteiger partial charge in [0.05, 0.1) is 0 Å². The molecule has 1 saturated heterocycles. The normalized spacial score (nSPS) is 53.1. The van der Waals surface area contributed by atoms with Crippen molar-refractivity contribution in [1.82, 2.24) is 10.2 Å². The summed E-state index contributed by atoms with van der Waals surface area (Å²) in [7, 11) is 2.13. The minimum atomic E-state index is 0.381. The predicted molar refractivity (Wildman–Crippen MR) is 79.1 cm³/mol. The molecular weight excluding hydrogens is 232 g/mol. The second-order valence-electron chi connectivity index (χ2n) is 8.39. The van der Waals surface area contributed by atoms with Crippen molar-refractivity contribution in [2.24, 2.45) is 29.6 Å². The highest BCUT2D eigenvalue weighted by molar-refractivity contribution is 5.00. The lowest BCUT2D eigenvalue weighted by atomic mass is 9.52. The van der Waals surface area contributed by atoms with E-state index in [0.29, 0.717) is 5.54 Å². The maximum absolute atomic E-state index is 3.53. The van der Waals surface area contributed by atoms with Crippen molar-refractivity contribution in [2.45, 2.75) is 51.0 Å². The van der Waals surface area contributed by atoms with Crippen LogP contribution in [0.2, 0.25) is 0 Å². The van der Waals surface area contributed by atoms with Crippen LogP contribution in [-0.2, 0) is 0 Å². The van der Waals surface area contributed by atoms with Crippen LogP contribution in [0, 0.1) is 29.6 Å². The molecule has 1 atom stereocenters. The monoisotopic (exact) mass is 262 g/mol. The zero-order valence-corrected chi connectivity index (χ0v) is 12.7. The van der Waals surface area contributed by atoms with Gasteiger partial charge >= 0.3 is 0 Å². The average Bonchev–Trinajstić information content (AvgIpc) is 2.76. The highest BCUT2D eigenvalue weighted by Crippen LogP contribution is 2.56. The number of nitrogens with one attached hydrogen (secondary N) is 1. The molecule has 1 unspecified atom stereocenters. The molecule has 2 heteroatoms. The summed E-state index contributed by atoms with van der Waals surface area (Å²) < 4.78 is 0. The number of rotatable bonds is 3. The molecule has 4 saturated carbocycles. The largest absolute Gasteiger partial charge is 0.313 e. The maximum atomic E-state index is 3.53. The quantitative estimate of drug-likeness (QED) is 0.841. The smallest absolute Gasteiger partial charge is 0.0289 e. The molecule has 0 spiro atoms. The van der Waals surface area contributed by atoms with E-state index in [4.69, 9.17) is 0 Å². The van der Waals surface area contributed by atoms with Crippen molar-refractivity contribution >= 4 is 0 Å². The summed E-state index contributed by atoms with van der Waals surface area (Å²) in [5.74, 6) is 5.49. The molecule has 5 rings (SSSR count). The fraction of sp³-hybridized carbons (Fsp3) is 1.00. The third kappa shape index (κ3) is 2.15. The molecule has 0 amide bonds. The maximum Gasteiger partial charge on any atom is 0.0289 e. The Labute approximate surface area is 118 Å². The molecule has 19 heavy (non-hydrogen) atoms. The molecule has 4 aliphatic carbocycles. The lowest BCUT2D eigenvalue weighted by Gasteiger charge is -2.55. The zero-order valence-electron chi connectivity index (χ0n) is 12.7. The van der Waals surface area contributed by atoms with E-state index in [9.17, 15) is 0 Å². The molecule has 1 aliphatic heterocycles. The molecular formula is C17H30N2. The van der Waals surface area contributed by atoms with Gasteiger partial charge in [-0.2, -0.15) is 0 Å². The number of likely N-dealkylation sites (tertiary alicyclic amines) is 1. The molecule has 0 aromatic carbocycles.